The van der Waals surface area contributed by atoms with E-state index in [1.165, 1.54) is 0 Å². The largest absolute Gasteiger partial charge is 0.465 e. The number of carbonyl (C=O) groups excluding carboxylic acids is 3. The molecule has 0 saturated heterocycles. The number of ether oxygens (including phenoxy) is 2. The standard InChI is InChI=1S/C26H21ClO5/c1-3-25(22(28)16-9-12-17(27)13-10-16)21-20-18-8-6-5-7-15(18)11-14-19(20)32-24(30)26(21,25)23(29)31-4-2/h5-14,21H,3-4H2,1-2H3/t21-,25+,26-/m0/s1. The van der Waals surface area contributed by atoms with Crippen LogP contribution in [0.25, 0.3) is 10.8 Å². The van der Waals surface area contributed by atoms with Gasteiger partial charge in [-0.3, -0.25) is 14.4 Å². The Balaban J connectivity index is 1.79. The second kappa shape index (κ2) is 7.17. The molecular formula is C26H21ClO5. The Bertz CT molecular complexity index is 1280. The van der Waals surface area contributed by atoms with Crippen molar-refractivity contribution in [3.63, 3.8) is 0 Å². The van der Waals surface area contributed by atoms with Crippen molar-refractivity contribution in [2.24, 2.45) is 10.8 Å². The van der Waals surface area contributed by atoms with Gasteiger partial charge in [0.1, 0.15) is 5.75 Å². The van der Waals surface area contributed by atoms with Crippen LogP contribution in [0.3, 0.4) is 0 Å². The monoisotopic (exact) mass is 448 g/mol. The van der Waals surface area contributed by atoms with Crippen LogP contribution >= 0.6 is 11.6 Å². The van der Waals surface area contributed by atoms with E-state index in [1.54, 1.807) is 37.3 Å². The Labute approximate surface area is 190 Å². The van der Waals surface area contributed by atoms with Gasteiger partial charge in [0.15, 0.2) is 11.2 Å². The highest BCUT2D eigenvalue weighted by molar-refractivity contribution is 6.30. The fraction of sp³-hybridized carbons (Fsp3) is 0.269. The molecule has 3 atom stereocenters. The zero-order valence-corrected chi connectivity index (χ0v) is 18.4. The van der Waals surface area contributed by atoms with Gasteiger partial charge in [0.2, 0.25) is 0 Å². The Morgan fingerprint density at radius 2 is 1.75 bits per heavy atom. The van der Waals surface area contributed by atoms with Gasteiger partial charge in [-0.1, -0.05) is 48.9 Å². The summed E-state index contributed by atoms with van der Waals surface area (Å²) in [5.41, 5.74) is -1.92. The maximum atomic E-state index is 14.0. The minimum atomic E-state index is -1.72. The molecule has 1 aliphatic heterocycles. The summed E-state index contributed by atoms with van der Waals surface area (Å²) in [5, 5.41) is 2.30. The molecule has 162 valence electrons. The number of fused-ring (bicyclic) bond motifs is 5. The second-order valence-corrected chi connectivity index (χ2v) is 8.65. The first-order chi connectivity index (χ1) is 15.4. The molecule has 0 N–H and O–H groups in total. The van der Waals surface area contributed by atoms with Crippen molar-refractivity contribution in [3.8, 4) is 5.75 Å². The molecule has 1 saturated carbocycles. The summed E-state index contributed by atoms with van der Waals surface area (Å²) >= 11 is 6.02. The highest BCUT2D eigenvalue weighted by Gasteiger charge is 2.90. The fourth-order valence-corrected chi connectivity index (χ4v) is 5.71. The average molecular weight is 449 g/mol. The molecule has 0 amide bonds. The number of halogens is 1. The summed E-state index contributed by atoms with van der Waals surface area (Å²) in [5.74, 6) is -2.01. The van der Waals surface area contributed by atoms with Gasteiger partial charge in [0, 0.05) is 22.1 Å². The van der Waals surface area contributed by atoms with Crippen LogP contribution in [0.15, 0.2) is 60.7 Å². The van der Waals surface area contributed by atoms with Crippen molar-refractivity contribution in [2.75, 3.05) is 6.61 Å². The lowest BCUT2D eigenvalue weighted by Crippen LogP contribution is -2.40. The topological polar surface area (TPSA) is 69.7 Å². The van der Waals surface area contributed by atoms with Crippen LogP contribution < -0.4 is 4.74 Å². The third kappa shape index (κ3) is 2.43. The summed E-state index contributed by atoms with van der Waals surface area (Å²) in [7, 11) is 0. The van der Waals surface area contributed by atoms with E-state index < -0.39 is 28.7 Å². The van der Waals surface area contributed by atoms with Crippen molar-refractivity contribution in [3.05, 3.63) is 76.8 Å². The quantitative estimate of drug-likeness (QED) is 0.228. The van der Waals surface area contributed by atoms with Gasteiger partial charge in [0.05, 0.1) is 12.0 Å². The van der Waals surface area contributed by atoms with Crippen molar-refractivity contribution in [2.45, 2.75) is 26.2 Å². The third-order valence-electron chi connectivity index (χ3n) is 6.96. The molecule has 3 aromatic carbocycles. The Kier molecular flexibility index (Phi) is 4.64. The van der Waals surface area contributed by atoms with Gasteiger partial charge in [-0.25, -0.2) is 0 Å². The molecule has 0 radical (unpaired) electrons. The molecule has 6 heteroatoms. The van der Waals surface area contributed by atoms with E-state index in [-0.39, 0.29) is 18.8 Å². The smallest absolute Gasteiger partial charge is 0.330 e. The van der Waals surface area contributed by atoms with Gasteiger partial charge < -0.3 is 9.47 Å². The van der Waals surface area contributed by atoms with Crippen molar-refractivity contribution < 1.29 is 23.9 Å². The predicted molar refractivity (Wildman–Crippen MR) is 120 cm³/mol. The molecule has 3 aromatic rings. The number of hydrogen-bond acceptors (Lipinski definition) is 5. The Morgan fingerprint density at radius 3 is 2.44 bits per heavy atom. The second-order valence-electron chi connectivity index (χ2n) is 8.21. The minimum Gasteiger partial charge on any atom is -0.465 e. The number of Topliss-reactive ketones (excluding diaryl/α,β-unsaturated/α-hetero) is 1. The van der Waals surface area contributed by atoms with E-state index in [9.17, 15) is 14.4 Å². The fourth-order valence-electron chi connectivity index (χ4n) is 5.58. The lowest BCUT2D eigenvalue weighted by Gasteiger charge is -2.23. The molecule has 1 fully saturated rings. The van der Waals surface area contributed by atoms with Crippen LogP contribution in [0.5, 0.6) is 5.75 Å². The summed E-state index contributed by atoms with van der Waals surface area (Å²) < 4.78 is 11.1. The van der Waals surface area contributed by atoms with Gasteiger partial charge in [-0.2, -0.15) is 0 Å². The van der Waals surface area contributed by atoms with E-state index in [4.69, 9.17) is 21.1 Å². The highest BCUT2D eigenvalue weighted by Crippen LogP contribution is 2.80. The molecule has 32 heavy (non-hydrogen) atoms. The number of hydrogen-bond donors (Lipinski definition) is 0. The molecule has 0 aromatic heterocycles. The van der Waals surface area contributed by atoms with Crippen molar-refractivity contribution in [1.82, 2.24) is 0 Å². The van der Waals surface area contributed by atoms with Crippen LogP contribution in [0.4, 0.5) is 0 Å². The normalized spacial score (nSPS) is 25.5. The molecule has 2 aliphatic rings. The average Bonchev–Trinajstić information content (AvgIpc) is 3.45. The van der Waals surface area contributed by atoms with Crippen molar-refractivity contribution in [1.29, 1.82) is 0 Å². The first-order valence-electron chi connectivity index (χ1n) is 10.6. The summed E-state index contributed by atoms with van der Waals surface area (Å²) in [6.45, 7) is 3.60. The number of benzene rings is 3. The number of ketones is 1. The maximum absolute atomic E-state index is 14.0. The summed E-state index contributed by atoms with van der Waals surface area (Å²) in [4.78, 5) is 40.8. The van der Waals surface area contributed by atoms with E-state index in [1.807, 2.05) is 37.3 Å². The summed E-state index contributed by atoms with van der Waals surface area (Å²) in [6, 6.07) is 17.8. The lowest BCUT2D eigenvalue weighted by molar-refractivity contribution is -0.162. The number of rotatable bonds is 5. The van der Waals surface area contributed by atoms with Gasteiger partial charge in [-0.05, 0) is 54.4 Å². The van der Waals surface area contributed by atoms with Crippen LogP contribution in [-0.2, 0) is 14.3 Å². The van der Waals surface area contributed by atoms with E-state index >= 15 is 0 Å². The molecule has 5 rings (SSSR count). The predicted octanol–water partition coefficient (Wildman–Crippen LogP) is 5.34. The molecule has 1 heterocycles. The van der Waals surface area contributed by atoms with E-state index in [0.717, 1.165) is 10.8 Å². The molecule has 1 aliphatic carbocycles. The number of carbonyl (C=O) groups is 3. The molecule has 0 unspecified atom stereocenters. The third-order valence-corrected chi connectivity index (χ3v) is 7.21. The first kappa shape index (κ1) is 20.7. The minimum absolute atomic E-state index is 0.0951. The first-order valence-corrected chi connectivity index (χ1v) is 11.0. The van der Waals surface area contributed by atoms with Crippen LogP contribution in [-0.4, -0.2) is 24.3 Å². The van der Waals surface area contributed by atoms with Crippen LogP contribution in [0.1, 0.15) is 42.1 Å². The SMILES string of the molecule is CCOC(=O)[C@]12C(=O)Oc3ccc4ccccc4c3[C@H]1[C@]2(CC)C(=O)c1ccc(Cl)cc1. The number of esters is 2. The molecule has 0 bridgehead atoms. The maximum Gasteiger partial charge on any atom is 0.330 e. The zero-order chi connectivity index (χ0) is 22.7. The lowest BCUT2D eigenvalue weighted by atomic mass is 9.83. The van der Waals surface area contributed by atoms with Gasteiger partial charge >= 0.3 is 11.9 Å². The van der Waals surface area contributed by atoms with E-state index in [2.05, 4.69) is 0 Å². The van der Waals surface area contributed by atoms with Crippen LogP contribution in [0.2, 0.25) is 5.02 Å². The van der Waals surface area contributed by atoms with Crippen LogP contribution in [0, 0.1) is 10.8 Å². The molecule has 0 spiro atoms. The van der Waals surface area contributed by atoms with Gasteiger partial charge in [-0.15, -0.1) is 0 Å². The molecule has 5 nitrogen and oxygen atoms in total. The Morgan fingerprint density at radius 1 is 1.03 bits per heavy atom. The van der Waals surface area contributed by atoms with E-state index in [0.29, 0.717) is 21.9 Å². The summed E-state index contributed by atoms with van der Waals surface area (Å²) in [6.07, 6.45) is 0.274. The molecular weight excluding hydrogens is 428 g/mol. The highest BCUT2D eigenvalue weighted by atomic mass is 35.5. The zero-order valence-electron chi connectivity index (χ0n) is 17.7. The Hall–Kier alpha value is -3.18. The van der Waals surface area contributed by atoms with Crippen molar-refractivity contribution >= 4 is 40.1 Å². The van der Waals surface area contributed by atoms with Gasteiger partial charge in [0.25, 0.3) is 0 Å².